The van der Waals surface area contributed by atoms with Crippen LogP contribution < -0.4 is 15.4 Å². The second kappa shape index (κ2) is 10.4. The molecule has 2 aromatic heterocycles. The Hall–Kier alpha value is -1.42. The maximum atomic E-state index is 5.04. The van der Waals surface area contributed by atoms with E-state index < -0.39 is 0 Å². The molecule has 0 saturated heterocycles. The second-order valence-corrected chi connectivity index (χ2v) is 5.76. The van der Waals surface area contributed by atoms with Crippen LogP contribution in [-0.4, -0.2) is 30.1 Å². The predicted molar refractivity (Wildman–Crippen MR) is 105 cm³/mol. The summed E-state index contributed by atoms with van der Waals surface area (Å²) in [5, 5.41) is 7.57. The second-order valence-electron chi connectivity index (χ2n) is 4.56. The monoisotopic (exact) mass is 447 g/mol. The summed E-state index contributed by atoms with van der Waals surface area (Å²) in [6.45, 7) is 3.45. The fourth-order valence-corrected chi connectivity index (χ4v) is 2.60. The SMILES string of the molecule is CCc1cnc(CNC(=NC)NCc2ccc(OC)nc2)s1.I. The molecule has 0 fully saturated rings. The highest BCUT2D eigenvalue weighted by atomic mass is 127. The minimum absolute atomic E-state index is 0. The first-order chi connectivity index (χ1) is 10.7. The number of nitrogens with one attached hydrogen (secondary N) is 2. The molecule has 23 heavy (non-hydrogen) atoms. The lowest BCUT2D eigenvalue weighted by Gasteiger charge is -2.11. The number of methoxy groups -OCH3 is 1. The molecule has 2 heterocycles. The molecule has 2 rings (SSSR count). The molecule has 2 N–H and O–H groups in total. The molecule has 0 spiro atoms. The van der Waals surface area contributed by atoms with Crippen LogP contribution in [0.15, 0.2) is 29.5 Å². The molecule has 126 valence electrons. The molecule has 0 aliphatic rings. The molecule has 0 radical (unpaired) electrons. The summed E-state index contributed by atoms with van der Waals surface area (Å²) in [5.74, 6) is 1.35. The lowest BCUT2D eigenvalue weighted by atomic mass is 10.3. The molecular weight excluding hydrogens is 425 g/mol. The molecule has 0 atom stereocenters. The van der Waals surface area contributed by atoms with E-state index >= 15 is 0 Å². The number of guanidine groups is 1. The maximum absolute atomic E-state index is 5.04. The van der Waals surface area contributed by atoms with E-state index in [4.69, 9.17) is 4.74 Å². The highest BCUT2D eigenvalue weighted by Gasteiger charge is 2.03. The third kappa shape index (κ3) is 6.30. The van der Waals surface area contributed by atoms with Crippen molar-refractivity contribution in [2.24, 2.45) is 4.99 Å². The molecular formula is C15H22IN5OS. The minimum Gasteiger partial charge on any atom is -0.481 e. The summed E-state index contributed by atoms with van der Waals surface area (Å²) < 4.78 is 5.04. The lowest BCUT2D eigenvalue weighted by Crippen LogP contribution is -2.36. The molecule has 0 aromatic carbocycles. The van der Waals surface area contributed by atoms with E-state index in [1.807, 2.05) is 18.3 Å². The Bertz CT molecular complexity index is 615. The standard InChI is InChI=1S/C15H21N5OS.HI/c1-4-12-9-18-14(22-12)10-20-15(16-2)19-8-11-5-6-13(21-3)17-7-11;/h5-7,9H,4,8,10H2,1-3H3,(H2,16,19,20);1H. The van der Waals surface area contributed by atoms with Crippen molar-refractivity contribution in [3.63, 3.8) is 0 Å². The summed E-state index contributed by atoms with van der Waals surface area (Å²) >= 11 is 1.72. The maximum Gasteiger partial charge on any atom is 0.212 e. The van der Waals surface area contributed by atoms with Crippen LogP contribution in [0, 0.1) is 0 Å². The van der Waals surface area contributed by atoms with Gasteiger partial charge in [0.1, 0.15) is 5.01 Å². The van der Waals surface area contributed by atoms with Gasteiger partial charge in [0.25, 0.3) is 0 Å². The Balaban J connectivity index is 0.00000264. The minimum atomic E-state index is 0. The third-order valence-corrected chi connectivity index (χ3v) is 4.19. The first kappa shape index (κ1) is 19.6. The number of hydrogen-bond donors (Lipinski definition) is 2. The molecule has 0 bridgehead atoms. The van der Waals surface area contributed by atoms with Crippen LogP contribution >= 0.6 is 35.3 Å². The number of aromatic nitrogens is 2. The Morgan fingerprint density at radius 2 is 2.00 bits per heavy atom. The van der Waals surface area contributed by atoms with Crippen molar-refractivity contribution in [2.75, 3.05) is 14.2 Å². The van der Waals surface area contributed by atoms with E-state index in [1.54, 1.807) is 31.7 Å². The van der Waals surface area contributed by atoms with Crippen molar-refractivity contribution < 1.29 is 4.74 Å². The van der Waals surface area contributed by atoms with Gasteiger partial charge < -0.3 is 15.4 Å². The smallest absolute Gasteiger partial charge is 0.212 e. The van der Waals surface area contributed by atoms with Crippen molar-refractivity contribution in [1.82, 2.24) is 20.6 Å². The van der Waals surface area contributed by atoms with Crippen molar-refractivity contribution in [2.45, 2.75) is 26.4 Å². The summed E-state index contributed by atoms with van der Waals surface area (Å²) in [5.41, 5.74) is 1.06. The summed E-state index contributed by atoms with van der Waals surface area (Å²) in [6.07, 6.45) is 4.74. The zero-order chi connectivity index (χ0) is 15.8. The van der Waals surface area contributed by atoms with Gasteiger partial charge in [0.2, 0.25) is 5.88 Å². The van der Waals surface area contributed by atoms with Gasteiger partial charge in [-0.3, -0.25) is 4.99 Å². The Morgan fingerprint density at radius 3 is 2.57 bits per heavy atom. The van der Waals surface area contributed by atoms with Crippen LogP contribution in [0.25, 0.3) is 0 Å². The van der Waals surface area contributed by atoms with Crippen LogP contribution in [0.5, 0.6) is 5.88 Å². The van der Waals surface area contributed by atoms with Gasteiger partial charge in [-0.2, -0.15) is 0 Å². The molecule has 6 nitrogen and oxygen atoms in total. The average Bonchev–Trinajstić information content (AvgIpc) is 3.03. The van der Waals surface area contributed by atoms with E-state index in [1.165, 1.54) is 4.88 Å². The van der Waals surface area contributed by atoms with E-state index in [0.29, 0.717) is 19.0 Å². The van der Waals surface area contributed by atoms with Gasteiger partial charge in [-0.1, -0.05) is 13.0 Å². The van der Waals surface area contributed by atoms with Crippen LogP contribution in [0.2, 0.25) is 0 Å². The zero-order valence-electron chi connectivity index (χ0n) is 13.5. The number of ether oxygens (including phenoxy) is 1. The number of pyridine rings is 1. The van der Waals surface area contributed by atoms with Crippen LogP contribution in [0.3, 0.4) is 0 Å². The lowest BCUT2D eigenvalue weighted by molar-refractivity contribution is 0.397. The van der Waals surface area contributed by atoms with E-state index in [9.17, 15) is 0 Å². The Kier molecular flexibility index (Phi) is 8.85. The van der Waals surface area contributed by atoms with Gasteiger partial charge in [0, 0.05) is 36.9 Å². The number of aliphatic imine (C=N–C) groups is 1. The molecule has 0 aliphatic carbocycles. The van der Waals surface area contributed by atoms with E-state index in [-0.39, 0.29) is 24.0 Å². The molecule has 0 aliphatic heterocycles. The van der Waals surface area contributed by atoms with Gasteiger partial charge in [0.05, 0.1) is 13.7 Å². The van der Waals surface area contributed by atoms with Gasteiger partial charge in [-0.15, -0.1) is 35.3 Å². The average molecular weight is 447 g/mol. The van der Waals surface area contributed by atoms with Gasteiger partial charge in [-0.25, -0.2) is 9.97 Å². The predicted octanol–water partition coefficient (Wildman–Crippen LogP) is 2.59. The fraction of sp³-hybridized carbons (Fsp3) is 0.400. The van der Waals surface area contributed by atoms with Crippen molar-refractivity contribution in [3.05, 3.63) is 40.0 Å². The first-order valence-corrected chi connectivity index (χ1v) is 7.93. The van der Waals surface area contributed by atoms with Crippen LogP contribution in [0.1, 0.15) is 22.4 Å². The molecule has 2 aromatic rings. The zero-order valence-corrected chi connectivity index (χ0v) is 16.6. The number of hydrogen-bond acceptors (Lipinski definition) is 5. The Labute approximate surface area is 157 Å². The number of nitrogens with zero attached hydrogens (tertiary/aromatic N) is 3. The van der Waals surface area contributed by atoms with Gasteiger partial charge >= 0.3 is 0 Å². The highest BCUT2D eigenvalue weighted by Crippen LogP contribution is 2.12. The molecule has 0 unspecified atom stereocenters. The summed E-state index contributed by atoms with van der Waals surface area (Å²) in [6, 6.07) is 3.81. The van der Waals surface area contributed by atoms with Crippen molar-refractivity contribution >= 4 is 41.3 Å². The Morgan fingerprint density at radius 1 is 1.22 bits per heavy atom. The van der Waals surface area contributed by atoms with Crippen LogP contribution in [-0.2, 0) is 19.5 Å². The largest absolute Gasteiger partial charge is 0.481 e. The van der Waals surface area contributed by atoms with Crippen LogP contribution in [0.4, 0.5) is 0 Å². The fourth-order valence-electron chi connectivity index (χ4n) is 1.80. The van der Waals surface area contributed by atoms with E-state index in [2.05, 4.69) is 32.5 Å². The molecule has 0 saturated carbocycles. The molecule has 0 amide bonds. The first-order valence-electron chi connectivity index (χ1n) is 7.12. The van der Waals surface area contributed by atoms with E-state index in [0.717, 1.165) is 23.0 Å². The van der Waals surface area contributed by atoms with Gasteiger partial charge in [0.15, 0.2) is 5.96 Å². The number of halogens is 1. The van der Waals surface area contributed by atoms with Crippen molar-refractivity contribution in [1.29, 1.82) is 0 Å². The number of rotatable bonds is 6. The topological polar surface area (TPSA) is 71.4 Å². The summed E-state index contributed by atoms with van der Waals surface area (Å²) in [7, 11) is 3.36. The van der Waals surface area contributed by atoms with Crippen molar-refractivity contribution in [3.8, 4) is 5.88 Å². The van der Waals surface area contributed by atoms with Gasteiger partial charge in [-0.05, 0) is 12.0 Å². The number of aryl methyl sites for hydroxylation is 1. The normalized spacial score (nSPS) is 10.8. The highest BCUT2D eigenvalue weighted by molar-refractivity contribution is 14.0. The third-order valence-electron chi connectivity index (χ3n) is 3.05. The quantitative estimate of drug-likeness (QED) is 0.405. The molecule has 8 heteroatoms. The summed E-state index contributed by atoms with van der Waals surface area (Å²) in [4.78, 5) is 14.1. The number of thiazole rings is 1.